The van der Waals surface area contributed by atoms with E-state index in [0.717, 1.165) is 31.3 Å². The van der Waals surface area contributed by atoms with Crippen molar-refractivity contribution in [3.05, 3.63) is 23.8 Å². The smallest absolute Gasteiger partial charge is 0.343 e. The fraction of sp³-hybridized carbons (Fsp3) is 0.788. The van der Waals surface area contributed by atoms with Gasteiger partial charge in [-0.05, 0) is 96.7 Å². The van der Waals surface area contributed by atoms with Crippen molar-refractivity contribution in [1.29, 1.82) is 5.26 Å². The highest BCUT2D eigenvalue weighted by Gasteiger charge is 2.71. The average Bonchev–Trinajstić information content (AvgIpc) is 2.83. The Bertz CT molecular complexity index is 1240. The van der Waals surface area contributed by atoms with E-state index in [2.05, 4.69) is 52.6 Å². The van der Waals surface area contributed by atoms with E-state index < -0.39 is 23.0 Å². The number of nitrogens with one attached hydrogen (secondary N) is 1. The number of nitrogens with zero attached hydrogens (tertiary/aromatic N) is 1. The van der Waals surface area contributed by atoms with Gasteiger partial charge in [0.25, 0.3) is 0 Å². The van der Waals surface area contributed by atoms with Crippen LogP contribution in [0.3, 0.4) is 0 Å². The molecule has 7 heteroatoms. The molecule has 0 saturated heterocycles. The zero-order valence-corrected chi connectivity index (χ0v) is 25.1. The molecule has 4 nitrogen and oxygen atoms in total. The Morgan fingerprint density at radius 2 is 1.62 bits per heavy atom. The van der Waals surface area contributed by atoms with Gasteiger partial charge in [0.05, 0.1) is 5.57 Å². The number of ketones is 1. The Hall–Kier alpha value is -2.10. The van der Waals surface area contributed by atoms with Crippen LogP contribution in [-0.2, 0) is 9.59 Å². The molecule has 0 aliphatic heterocycles. The number of Topliss-reactive ketones (excluding diaryl/α,β-unsaturated/α-hetero) is 1. The van der Waals surface area contributed by atoms with Crippen LogP contribution in [0.4, 0.5) is 13.2 Å². The number of allylic oxidation sites excluding steroid dienone is 3. The van der Waals surface area contributed by atoms with Crippen molar-refractivity contribution in [2.45, 2.75) is 112 Å². The summed E-state index contributed by atoms with van der Waals surface area (Å²) in [6, 6.07) is 2.19. The van der Waals surface area contributed by atoms with Crippen molar-refractivity contribution in [3.8, 4) is 6.07 Å². The van der Waals surface area contributed by atoms with Gasteiger partial charge in [0.2, 0.25) is 0 Å². The summed E-state index contributed by atoms with van der Waals surface area (Å²) in [5.74, 6) is -1.81. The number of carbonyl (C=O) groups is 2. The van der Waals surface area contributed by atoms with E-state index in [1.165, 1.54) is 0 Å². The molecule has 0 aromatic carbocycles. The van der Waals surface area contributed by atoms with Crippen LogP contribution in [0.15, 0.2) is 23.8 Å². The maximum Gasteiger partial charge on any atom is 0.471 e. The molecule has 220 valence electrons. The van der Waals surface area contributed by atoms with E-state index in [-0.39, 0.29) is 56.7 Å². The quantitative estimate of drug-likeness (QED) is 0.335. The summed E-state index contributed by atoms with van der Waals surface area (Å²) >= 11 is 0. The van der Waals surface area contributed by atoms with Crippen LogP contribution in [-0.4, -0.2) is 23.4 Å². The van der Waals surface area contributed by atoms with E-state index >= 15 is 0 Å². The molecule has 2 unspecified atom stereocenters. The van der Waals surface area contributed by atoms with Crippen molar-refractivity contribution in [1.82, 2.24) is 5.32 Å². The molecule has 1 amide bonds. The molecule has 4 saturated carbocycles. The fourth-order valence-corrected chi connectivity index (χ4v) is 11.0. The second-order valence-electron chi connectivity index (χ2n) is 16.0. The van der Waals surface area contributed by atoms with E-state index in [4.69, 9.17) is 0 Å². The predicted octanol–water partition coefficient (Wildman–Crippen LogP) is 7.70. The van der Waals surface area contributed by atoms with Gasteiger partial charge in [-0.15, -0.1) is 0 Å². The number of nitriles is 1. The van der Waals surface area contributed by atoms with Gasteiger partial charge in [0, 0.05) is 11.0 Å². The Balaban J connectivity index is 1.61. The standard InChI is InChI=1S/C33H45F3N2O2/c1-19-15-23-29(6)16-20(18-37)25(39)28(4,5)22(29)9-10-30(23,7)31(8)12-14-32(38-26(40)33(34,35)36)13-11-27(2,3)17-21(32)24(19)31/h16,21-24H,1,9-15,17H2,2-8H3,(H,38,40)/t21?,22-,23+,24?,29-,30+,31+,32-/m0/s1. The highest BCUT2D eigenvalue weighted by Crippen LogP contribution is 2.76. The van der Waals surface area contributed by atoms with Crippen LogP contribution in [0.2, 0.25) is 0 Å². The van der Waals surface area contributed by atoms with Crippen molar-refractivity contribution >= 4 is 11.7 Å². The van der Waals surface area contributed by atoms with Gasteiger partial charge in [-0.3, -0.25) is 9.59 Å². The number of fused-ring (bicyclic) bond motifs is 7. The summed E-state index contributed by atoms with van der Waals surface area (Å²) in [4.78, 5) is 25.6. The van der Waals surface area contributed by atoms with Gasteiger partial charge in [-0.2, -0.15) is 18.4 Å². The third kappa shape index (κ3) is 3.76. The first-order valence-corrected chi connectivity index (χ1v) is 14.9. The highest BCUT2D eigenvalue weighted by atomic mass is 19.4. The molecule has 0 heterocycles. The molecule has 0 aromatic rings. The second kappa shape index (κ2) is 8.48. The van der Waals surface area contributed by atoms with E-state index in [0.29, 0.717) is 25.7 Å². The third-order valence-corrected chi connectivity index (χ3v) is 13.2. The lowest BCUT2D eigenvalue weighted by Crippen LogP contribution is -2.71. The van der Waals surface area contributed by atoms with Crippen LogP contribution < -0.4 is 5.32 Å². The molecular formula is C33H45F3N2O2. The van der Waals surface area contributed by atoms with Gasteiger partial charge in [0.1, 0.15) is 6.07 Å². The van der Waals surface area contributed by atoms with Gasteiger partial charge in [-0.1, -0.05) is 66.7 Å². The Labute approximate surface area is 237 Å². The summed E-state index contributed by atoms with van der Waals surface area (Å²) < 4.78 is 40.6. The van der Waals surface area contributed by atoms with Crippen LogP contribution in [0.25, 0.3) is 0 Å². The summed E-state index contributed by atoms with van der Waals surface area (Å²) in [6.45, 7) is 19.9. The molecule has 0 spiro atoms. The zero-order valence-electron chi connectivity index (χ0n) is 25.1. The predicted molar refractivity (Wildman–Crippen MR) is 148 cm³/mol. The number of rotatable bonds is 1. The van der Waals surface area contributed by atoms with Crippen molar-refractivity contribution in [2.75, 3.05) is 0 Å². The maximum absolute atomic E-state index is 13.5. The first-order valence-electron chi connectivity index (χ1n) is 14.9. The molecule has 5 aliphatic carbocycles. The number of alkyl halides is 3. The van der Waals surface area contributed by atoms with Crippen LogP contribution in [0.1, 0.15) is 99.8 Å². The minimum atomic E-state index is -4.92. The lowest BCUT2D eigenvalue weighted by Gasteiger charge is -2.73. The highest BCUT2D eigenvalue weighted by molar-refractivity contribution is 6.04. The molecular weight excluding hydrogens is 513 g/mol. The minimum absolute atomic E-state index is 0.0200. The zero-order chi connectivity index (χ0) is 29.9. The van der Waals surface area contributed by atoms with E-state index in [1.807, 2.05) is 19.9 Å². The van der Waals surface area contributed by atoms with Gasteiger partial charge in [0.15, 0.2) is 5.78 Å². The lowest BCUT2D eigenvalue weighted by molar-refractivity contribution is -0.207. The molecule has 1 N–H and O–H groups in total. The number of hydrogen-bond donors (Lipinski definition) is 1. The average molecular weight is 559 g/mol. The molecule has 5 aliphatic rings. The van der Waals surface area contributed by atoms with Crippen molar-refractivity contribution < 1.29 is 22.8 Å². The van der Waals surface area contributed by atoms with Crippen LogP contribution >= 0.6 is 0 Å². The van der Waals surface area contributed by atoms with E-state index in [1.54, 1.807) is 0 Å². The van der Waals surface area contributed by atoms with Crippen molar-refractivity contribution in [2.24, 2.45) is 50.7 Å². The number of halogens is 3. The van der Waals surface area contributed by atoms with Gasteiger partial charge >= 0.3 is 12.1 Å². The number of amides is 1. The largest absolute Gasteiger partial charge is 0.471 e. The molecule has 8 atom stereocenters. The van der Waals surface area contributed by atoms with Gasteiger partial charge < -0.3 is 5.32 Å². The molecule has 40 heavy (non-hydrogen) atoms. The van der Waals surface area contributed by atoms with Gasteiger partial charge in [-0.25, -0.2) is 0 Å². The summed E-state index contributed by atoms with van der Waals surface area (Å²) in [7, 11) is 0. The molecule has 4 fully saturated rings. The van der Waals surface area contributed by atoms with Crippen molar-refractivity contribution in [3.63, 3.8) is 0 Å². The number of hydrogen-bond acceptors (Lipinski definition) is 3. The summed E-state index contributed by atoms with van der Waals surface area (Å²) in [5, 5.41) is 12.5. The third-order valence-electron chi connectivity index (χ3n) is 13.2. The number of carbonyl (C=O) groups excluding carboxylic acids is 2. The molecule has 0 radical (unpaired) electrons. The minimum Gasteiger partial charge on any atom is -0.343 e. The SMILES string of the molecule is C=C1C[C@@H]2[C@@]3(C)C=C(C#N)C(=O)C(C)(C)[C@@H]3CC[C@@]2(C)[C@]2(C)CC[C@@]3(NC(=O)C(F)(F)F)CCC(C)(C)CC3C12. The maximum atomic E-state index is 13.5. The normalized spacial score (nSPS) is 45.6. The lowest BCUT2D eigenvalue weighted by atomic mass is 9.32. The Morgan fingerprint density at radius 3 is 2.23 bits per heavy atom. The van der Waals surface area contributed by atoms with Crippen LogP contribution in [0, 0.1) is 62.1 Å². The fourth-order valence-electron chi connectivity index (χ4n) is 11.0. The summed E-state index contributed by atoms with van der Waals surface area (Å²) in [6.07, 6.45) is 2.80. The monoisotopic (exact) mass is 558 g/mol. The first-order chi connectivity index (χ1) is 18.2. The molecule has 5 rings (SSSR count). The second-order valence-corrected chi connectivity index (χ2v) is 16.0. The first kappa shape index (κ1) is 29.4. The Morgan fingerprint density at radius 1 is 1.00 bits per heavy atom. The Kier molecular flexibility index (Phi) is 6.23. The topological polar surface area (TPSA) is 70.0 Å². The van der Waals surface area contributed by atoms with Crippen LogP contribution in [0.5, 0.6) is 0 Å². The molecule has 0 aromatic heterocycles. The van der Waals surface area contributed by atoms with E-state index in [9.17, 15) is 28.0 Å². The molecule has 0 bridgehead atoms. The summed E-state index contributed by atoms with van der Waals surface area (Å²) in [5.41, 5.74) is -1.07.